The molecule has 4 nitrogen and oxygen atoms in total. The molecular weight excluding hydrogens is 328 g/mol. The molecule has 0 amide bonds. The van der Waals surface area contributed by atoms with Crippen LogP contribution in [0.5, 0.6) is 5.75 Å². The smallest absolute Gasteiger partial charge is 0.199 e. The van der Waals surface area contributed by atoms with Gasteiger partial charge in [0.25, 0.3) is 0 Å². The zero-order valence-electron chi connectivity index (χ0n) is 12.4. The van der Waals surface area contributed by atoms with E-state index in [0.717, 1.165) is 0 Å². The summed E-state index contributed by atoms with van der Waals surface area (Å²) in [7, 11) is 0. The van der Waals surface area contributed by atoms with E-state index in [1.54, 1.807) is 42.5 Å². The summed E-state index contributed by atoms with van der Waals surface area (Å²) in [5.74, 6) is 0.290. The Labute approximate surface area is 141 Å². The van der Waals surface area contributed by atoms with Crippen molar-refractivity contribution in [2.45, 2.75) is 0 Å². The highest BCUT2D eigenvalue weighted by atomic mass is 35.5. The van der Waals surface area contributed by atoms with Crippen LogP contribution in [0.3, 0.4) is 0 Å². The van der Waals surface area contributed by atoms with Crippen LogP contribution in [0.2, 0.25) is 5.02 Å². The number of carbonyl (C=O) groups is 1. The van der Waals surface area contributed by atoms with Crippen LogP contribution >= 0.6 is 11.6 Å². The molecule has 0 saturated heterocycles. The van der Waals surface area contributed by atoms with E-state index < -0.39 is 0 Å². The zero-order chi connectivity index (χ0) is 16.7. The molecule has 24 heavy (non-hydrogen) atoms. The lowest BCUT2D eigenvalue weighted by Gasteiger charge is -2.18. The monoisotopic (exact) mass is 338 g/mol. The van der Waals surface area contributed by atoms with Crippen molar-refractivity contribution in [3.63, 3.8) is 0 Å². The van der Waals surface area contributed by atoms with Crippen LogP contribution in [0.25, 0.3) is 17.0 Å². The lowest BCUT2D eigenvalue weighted by atomic mass is 9.98. The van der Waals surface area contributed by atoms with Crippen molar-refractivity contribution in [3.05, 3.63) is 80.7 Å². The third kappa shape index (κ3) is 2.41. The van der Waals surface area contributed by atoms with Gasteiger partial charge in [0.2, 0.25) is 0 Å². The number of carbonyl (C=O) groups excluding carboxylic acids is 1. The van der Waals surface area contributed by atoms with Gasteiger partial charge >= 0.3 is 0 Å². The van der Waals surface area contributed by atoms with Crippen molar-refractivity contribution >= 4 is 34.4 Å². The molecule has 2 aromatic carbocycles. The molecule has 0 N–H and O–H groups in total. The third-order valence-electron chi connectivity index (χ3n) is 3.90. The van der Waals surface area contributed by atoms with E-state index in [1.165, 1.54) is 12.3 Å². The largest absolute Gasteiger partial charge is 0.488 e. The standard InChI is InChI=1S/C19H11ClO4/c20-13-5-6-17-15(8-13)19(22)12(10-24-17)7-11-9-23-16-4-2-1-3-14(16)18(11)21/h1-9H,10H2. The van der Waals surface area contributed by atoms with E-state index in [2.05, 4.69) is 0 Å². The minimum atomic E-state index is -0.202. The number of ketones is 1. The van der Waals surface area contributed by atoms with Crippen LogP contribution in [0.1, 0.15) is 15.9 Å². The van der Waals surface area contributed by atoms with E-state index >= 15 is 0 Å². The van der Waals surface area contributed by atoms with E-state index in [0.29, 0.717) is 38.4 Å². The highest BCUT2D eigenvalue weighted by Gasteiger charge is 2.24. The van der Waals surface area contributed by atoms with Crippen LogP contribution in [-0.2, 0) is 0 Å². The van der Waals surface area contributed by atoms with Crippen LogP contribution < -0.4 is 10.2 Å². The number of para-hydroxylation sites is 1. The quantitative estimate of drug-likeness (QED) is 0.627. The molecular formula is C19H11ClO4. The Kier molecular flexibility index (Phi) is 3.47. The molecule has 0 radical (unpaired) electrons. The summed E-state index contributed by atoms with van der Waals surface area (Å²) in [6.45, 7) is 0.0970. The van der Waals surface area contributed by atoms with Gasteiger partial charge in [0.05, 0.1) is 16.5 Å². The van der Waals surface area contributed by atoms with Crippen molar-refractivity contribution in [2.75, 3.05) is 6.61 Å². The van der Waals surface area contributed by atoms with Gasteiger partial charge in [-0.1, -0.05) is 23.7 Å². The minimum Gasteiger partial charge on any atom is -0.488 e. The molecule has 0 bridgehead atoms. The summed E-state index contributed by atoms with van der Waals surface area (Å²) >= 11 is 5.95. The molecule has 4 rings (SSSR count). The summed E-state index contributed by atoms with van der Waals surface area (Å²) < 4.78 is 11.1. The second-order valence-corrected chi connectivity index (χ2v) is 5.88. The molecule has 3 aromatic rings. The van der Waals surface area contributed by atoms with Crippen molar-refractivity contribution in [2.24, 2.45) is 0 Å². The Morgan fingerprint density at radius 3 is 2.79 bits per heavy atom. The van der Waals surface area contributed by atoms with Gasteiger partial charge in [0.1, 0.15) is 24.2 Å². The molecule has 0 fully saturated rings. The molecule has 1 aromatic heterocycles. The van der Waals surface area contributed by atoms with Crippen LogP contribution in [0.15, 0.2) is 63.5 Å². The van der Waals surface area contributed by atoms with E-state index in [9.17, 15) is 9.59 Å². The molecule has 118 valence electrons. The van der Waals surface area contributed by atoms with Gasteiger partial charge in [-0.15, -0.1) is 0 Å². The van der Waals surface area contributed by atoms with E-state index in [4.69, 9.17) is 20.8 Å². The lowest BCUT2D eigenvalue weighted by Crippen LogP contribution is -2.19. The molecule has 0 aliphatic carbocycles. The molecule has 5 heteroatoms. The number of benzene rings is 2. The first kappa shape index (κ1) is 14.7. The van der Waals surface area contributed by atoms with E-state index in [-0.39, 0.29) is 17.8 Å². The van der Waals surface area contributed by atoms with Gasteiger partial charge in [0.15, 0.2) is 11.2 Å². The average molecular weight is 339 g/mol. The maximum Gasteiger partial charge on any atom is 0.199 e. The second kappa shape index (κ2) is 5.65. The fourth-order valence-corrected chi connectivity index (χ4v) is 2.86. The Balaban J connectivity index is 1.81. The van der Waals surface area contributed by atoms with Gasteiger partial charge in [-0.3, -0.25) is 9.59 Å². The van der Waals surface area contributed by atoms with Crippen molar-refractivity contribution in [1.29, 1.82) is 0 Å². The molecule has 0 atom stereocenters. The van der Waals surface area contributed by atoms with Gasteiger partial charge in [-0.2, -0.15) is 0 Å². The number of hydrogen-bond acceptors (Lipinski definition) is 4. The van der Waals surface area contributed by atoms with Crippen molar-refractivity contribution < 1.29 is 13.9 Å². The lowest BCUT2D eigenvalue weighted by molar-refractivity contribution is 0.100. The predicted octanol–water partition coefficient (Wildman–Crippen LogP) is 4.11. The number of rotatable bonds is 1. The Hall–Kier alpha value is -2.85. The summed E-state index contributed by atoms with van der Waals surface area (Å²) in [6.07, 6.45) is 2.88. The number of Topliss-reactive ketones (excluding diaryl/α,β-unsaturated/α-hetero) is 1. The fourth-order valence-electron chi connectivity index (χ4n) is 2.69. The summed E-state index contributed by atoms with van der Waals surface area (Å²) in [5, 5.41) is 0.927. The number of ether oxygens (including phenoxy) is 1. The van der Waals surface area contributed by atoms with Gasteiger partial charge < -0.3 is 9.15 Å². The van der Waals surface area contributed by atoms with Crippen molar-refractivity contribution in [3.8, 4) is 5.75 Å². The molecule has 0 saturated carbocycles. The Morgan fingerprint density at radius 2 is 1.92 bits per heavy atom. The molecule has 2 heterocycles. The maximum atomic E-state index is 12.6. The van der Waals surface area contributed by atoms with Crippen molar-refractivity contribution in [1.82, 2.24) is 0 Å². The average Bonchev–Trinajstić information content (AvgIpc) is 2.60. The molecule has 1 aliphatic rings. The summed E-state index contributed by atoms with van der Waals surface area (Å²) in [4.78, 5) is 25.1. The predicted molar refractivity (Wildman–Crippen MR) is 91.7 cm³/mol. The molecule has 1 aliphatic heterocycles. The number of halogens is 1. The fraction of sp³-hybridized carbons (Fsp3) is 0.0526. The normalized spacial score (nSPS) is 15.4. The van der Waals surface area contributed by atoms with Crippen LogP contribution in [-0.4, -0.2) is 12.4 Å². The van der Waals surface area contributed by atoms with Crippen LogP contribution in [0.4, 0.5) is 0 Å². The summed E-state index contributed by atoms with van der Waals surface area (Å²) in [5.41, 5.74) is 1.41. The van der Waals surface area contributed by atoms with Gasteiger partial charge in [0, 0.05) is 10.6 Å². The third-order valence-corrected chi connectivity index (χ3v) is 4.13. The van der Waals surface area contributed by atoms with Gasteiger partial charge in [-0.25, -0.2) is 0 Å². The SMILES string of the molecule is O=C1C(=Cc2coc3ccccc3c2=O)COc2ccc(Cl)cc21. The topological polar surface area (TPSA) is 56.5 Å². The van der Waals surface area contributed by atoms with Crippen LogP contribution in [0, 0.1) is 0 Å². The first-order valence-corrected chi connectivity index (χ1v) is 7.69. The number of fused-ring (bicyclic) bond motifs is 2. The molecule has 0 spiro atoms. The first-order valence-electron chi connectivity index (χ1n) is 7.31. The zero-order valence-corrected chi connectivity index (χ0v) is 13.2. The van der Waals surface area contributed by atoms with E-state index in [1.807, 2.05) is 0 Å². The second-order valence-electron chi connectivity index (χ2n) is 5.44. The van der Waals surface area contributed by atoms with Gasteiger partial charge in [-0.05, 0) is 36.4 Å². The Bertz CT molecular complexity index is 1060. The molecule has 0 unspecified atom stereocenters. The first-order chi connectivity index (χ1) is 11.6. The Morgan fingerprint density at radius 1 is 1.08 bits per heavy atom. The minimum absolute atomic E-state index is 0.0970. The maximum absolute atomic E-state index is 12.6. The highest BCUT2D eigenvalue weighted by molar-refractivity contribution is 6.31. The highest BCUT2D eigenvalue weighted by Crippen LogP contribution is 2.30. The number of hydrogen-bond donors (Lipinski definition) is 0. The summed E-state index contributed by atoms with van der Waals surface area (Å²) in [6, 6.07) is 11.9.